The fourth-order valence-corrected chi connectivity index (χ4v) is 3.22. The third-order valence-corrected chi connectivity index (χ3v) is 5.20. The Morgan fingerprint density at radius 1 is 0.438 bits per heavy atom. The van der Waals surface area contributed by atoms with Crippen LogP contribution in [-0.4, -0.2) is 52.9 Å². The molecule has 0 radical (unpaired) electrons. The summed E-state index contributed by atoms with van der Waals surface area (Å²) in [5.41, 5.74) is 0. The minimum absolute atomic E-state index is 0. The molecule has 0 unspecified atom stereocenters. The van der Waals surface area contributed by atoms with Crippen LogP contribution in [0.2, 0.25) is 0 Å². The minimum atomic E-state index is 0. The van der Waals surface area contributed by atoms with Gasteiger partial charge in [-0.2, -0.15) is 22.9 Å². The molecule has 32 heavy (non-hydrogen) atoms. The normalized spacial score (nSPS) is 17.5. The van der Waals surface area contributed by atoms with Gasteiger partial charge in [0.05, 0.1) is 0 Å². The molecule has 8 heteroatoms. The molecule has 0 amide bonds. The fraction of sp³-hybridized carbons (Fsp3) is 0.667. The second-order valence-corrected chi connectivity index (χ2v) is 8.23. The molecule has 0 aromatic carbocycles. The van der Waals surface area contributed by atoms with Crippen molar-refractivity contribution < 1.29 is 56.7 Å². The first-order valence-electron chi connectivity index (χ1n) is 11.1. The monoisotopic (exact) mass is 468 g/mol. The van der Waals surface area contributed by atoms with Crippen LogP contribution in [0.1, 0.15) is 51.4 Å². The molecular formula is C24H38Li2O4S2. The molecule has 6 heterocycles. The van der Waals surface area contributed by atoms with Gasteiger partial charge in [0.1, 0.15) is 0 Å². The van der Waals surface area contributed by atoms with Crippen LogP contribution in [0.4, 0.5) is 0 Å². The van der Waals surface area contributed by atoms with E-state index in [2.05, 4.69) is 10.8 Å². The largest absolute Gasteiger partial charge is 1.00 e. The van der Waals surface area contributed by atoms with Gasteiger partial charge in [-0.05, 0) is 51.4 Å². The molecule has 0 atom stereocenters. The van der Waals surface area contributed by atoms with Gasteiger partial charge in [-0.15, -0.1) is 10.8 Å². The van der Waals surface area contributed by atoms with E-state index in [0.717, 1.165) is 52.9 Å². The zero-order chi connectivity index (χ0) is 21.2. The first-order chi connectivity index (χ1) is 15.0. The van der Waals surface area contributed by atoms with Crippen molar-refractivity contribution in [1.29, 1.82) is 0 Å². The van der Waals surface area contributed by atoms with Crippen molar-refractivity contribution in [1.82, 2.24) is 0 Å². The number of hydrogen-bond acceptors (Lipinski definition) is 6. The Hall–Kier alpha value is 0.435. The van der Waals surface area contributed by atoms with Crippen molar-refractivity contribution in [3.63, 3.8) is 0 Å². The van der Waals surface area contributed by atoms with Gasteiger partial charge in [0, 0.05) is 52.9 Å². The maximum Gasteiger partial charge on any atom is 1.00 e. The Morgan fingerprint density at radius 3 is 0.750 bits per heavy atom. The molecule has 172 valence electrons. The van der Waals surface area contributed by atoms with E-state index in [1.807, 2.05) is 35.0 Å². The average Bonchev–Trinajstić information content (AvgIpc) is 3.69. The molecule has 0 spiro atoms. The summed E-state index contributed by atoms with van der Waals surface area (Å²) < 4.78 is 19.8. The summed E-state index contributed by atoms with van der Waals surface area (Å²) >= 11 is 3.18. The molecule has 2 aromatic heterocycles. The van der Waals surface area contributed by atoms with Crippen LogP contribution in [0.3, 0.4) is 0 Å². The van der Waals surface area contributed by atoms with E-state index in [1.165, 1.54) is 51.4 Å². The molecule has 4 saturated heterocycles. The molecule has 6 rings (SSSR count). The summed E-state index contributed by atoms with van der Waals surface area (Å²) in [4.78, 5) is 0. The van der Waals surface area contributed by atoms with E-state index in [0.29, 0.717) is 0 Å². The van der Waals surface area contributed by atoms with Crippen molar-refractivity contribution in [2.45, 2.75) is 51.4 Å². The molecule has 4 aliphatic rings. The zero-order valence-corrected chi connectivity index (χ0v) is 21.9. The molecule has 0 aliphatic carbocycles. The third kappa shape index (κ3) is 28.5. The number of ether oxygens (including phenoxy) is 4. The summed E-state index contributed by atoms with van der Waals surface area (Å²) in [7, 11) is 0. The molecule has 4 aliphatic heterocycles. The maximum absolute atomic E-state index is 4.94. The number of thiophene rings is 2. The van der Waals surface area contributed by atoms with Crippen molar-refractivity contribution in [3.05, 3.63) is 45.8 Å². The molecule has 0 bridgehead atoms. The van der Waals surface area contributed by atoms with Gasteiger partial charge in [0.25, 0.3) is 0 Å². The fourth-order valence-electron chi connectivity index (χ4n) is 2.43. The first-order valence-corrected chi connectivity index (χ1v) is 12.9. The van der Waals surface area contributed by atoms with E-state index in [9.17, 15) is 0 Å². The van der Waals surface area contributed by atoms with Gasteiger partial charge >= 0.3 is 37.7 Å². The standard InChI is InChI=1S/4C4H8O.2C4H3S.2Li/c6*1-2-4-5-3-1;;/h4*1-4H2;2*1-3H;;/q;;;;2*-1;2*+1. The predicted octanol–water partition coefficient (Wildman–Crippen LogP) is 0.292. The van der Waals surface area contributed by atoms with Gasteiger partial charge in [0.15, 0.2) is 0 Å². The smallest absolute Gasteiger partial charge is 0.381 e. The average molecular weight is 469 g/mol. The van der Waals surface area contributed by atoms with Crippen LogP contribution in [0.5, 0.6) is 0 Å². The zero-order valence-electron chi connectivity index (χ0n) is 20.2. The molecule has 4 nitrogen and oxygen atoms in total. The van der Waals surface area contributed by atoms with Gasteiger partial charge < -0.3 is 41.6 Å². The second kappa shape index (κ2) is 31.4. The first kappa shape index (κ1) is 34.6. The Balaban J connectivity index is 0. The topological polar surface area (TPSA) is 36.9 Å². The van der Waals surface area contributed by atoms with Crippen molar-refractivity contribution >= 4 is 22.7 Å². The van der Waals surface area contributed by atoms with E-state index in [4.69, 9.17) is 18.9 Å². The van der Waals surface area contributed by atoms with E-state index >= 15 is 0 Å². The van der Waals surface area contributed by atoms with E-state index in [1.54, 1.807) is 22.7 Å². The van der Waals surface area contributed by atoms with Crippen LogP contribution in [-0.2, 0) is 18.9 Å². The summed E-state index contributed by atoms with van der Waals surface area (Å²) in [6, 6.07) is 7.71. The Labute approximate surface area is 228 Å². The molecule has 0 N–H and O–H groups in total. The Morgan fingerprint density at radius 2 is 0.688 bits per heavy atom. The predicted molar refractivity (Wildman–Crippen MR) is 127 cm³/mol. The van der Waals surface area contributed by atoms with Crippen LogP contribution >= 0.6 is 22.7 Å². The number of rotatable bonds is 0. The number of hydrogen-bond donors (Lipinski definition) is 0. The van der Waals surface area contributed by atoms with Crippen LogP contribution in [0.15, 0.2) is 35.0 Å². The van der Waals surface area contributed by atoms with Crippen molar-refractivity contribution in [2.24, 2.45) is 0 Å². The van der Waals surface area contributed by atoms with Crippen LogP contribution in [0.25, 0.3) is 0 Å². The van der Waals surface area contributed by atoms with Crippen molar-refractivity contribution in [3.8, 4) is 0 Å². The molecule has 0 saturated carbocycles. The third-order valence-electron chi connectivity index (χ3n) is 4.07. The Kier molecular flexibility index (Phi) is 34.0. The van der Waals surface area contributed by atoms with Crippen LogP contribution in [0, 0.1) is 10.8 Å². The molecule has 2 aromatic rings. The summed E-state index contributed by atoms with van der Waals surface area (Å²) in [6.45, 7) is 8.00. The molecular weight excluding hydrogens is 430 g/mol. The van der Waals surface area contributed by atoms with Crippen molar-refractivity contribution in [2.75, 3.05) is 52.9 Å². The van der Waals surface area contributed by atoms with E-state index < -0.39 is 0 Å². The van der Waals surface area contributed by atoms with E-state index in [-0.39, 0.29) is 37.7 Å². The van der Waals surface area contributed by atoms with Crippen LogP contribution < -0.4 is 37.7 Å². The Bertz CT molecular complexity index is 355. The SMILES string of the molecule is C1CCOC1.C1CCOC1.C1CCOC1.C1CCOC1.[Li+].[Li+].[c-]1cccs1.[c-]1cccs1. The second-order valence-electron chi connectivity index (χ2n) is 6.74. The van der Waals surface area contributed by atoms with Gasteiger partial charge in [0.2, 0.25) is 0 Å². The van der Waals surface area contributed by atoms with Gasteiger partial charge in [-0.3, -0.25) is 0 Å². The summed E-state index contributed by atoms with van der Waals surface area (Å²) in [5, 5.41) is 9.78. The quantitative estimate of drug-likeness (QED) is 0.412. The van der Waals surface area contributed by atoms with Gasteiger partial charge in [-0.25, -0.2) is 12.1 Å². The summed E-state index contributed by atoms with van der Waals surface area (Å²) in [6.07, 6.45) is 10.2. The van der Waals surface area contributed by atoms with Gasteiger partial charge in [-0.1, -0.05) is 0 Å². The minimum Gasteiger partial charge on any atom is -0.381 e. The maximum atomic E-state index is 4.94. The molecule has 4 fully saturated rings. The summed E-state index contributed by atoms with van der Waals surface area (Å²) in [5.74, 6) is 0.